The summed E-state index contributed by atoms with van der Waals surface area (Å²) in [6.45, 7) is 0. The number of H-pyrrole nitrogens is 1. The molecular formula is C16H12ClFN2O2. The first kappa shape index (κ1) is 14.4. The van der Waals surface area contributed by atoms with Crippen LogP contribution in [-0.4, -0.2) is 18.0 Å². The molecule has 3 aromatic rings. The zero-order valence-electron chi connectivity index (χ0n) is 11.6. The van der Waals surface area contributed by atoms with Gasteiger partial charge in [0.1, 0.15) is 17.3 Å². The highest BCUT2D eigenvalue weighted by atomic mass is 35.5. The number of halogens is 2. The maximum atomic E-state index is 13.7. The van der Waals surface area contributed by atoms with Crippen molar-refractivity contribution < 1.29 is 13.9 Å². The van der Waals surface area contributed by atoms with Crippen LogP contribution in [-0.2, 0) is 0 Å². The molecule has 1 heterocycles. The van der Waals surface area contributed by atoms with Crippen molar-refractivity contribution in [2.24, 2.45) is 0 Å². The number of hydrogen-bond acceptors (Lipinski definition) is 2. The molecule has 6 heteroatoms. The zero-order valence-corrected chi connectivity index (χ0v) is 12.4. The molecule has 3 rings (SSSR count). The summed E-state index contributed by atoms with van der Waals surface area (Å²) in [7, 11) is 1.57. The molecule has 2 aromatic carbocycles. The van der Waals surface area contributed by atoms with E-state index in [2.05, 4.69) is 10.3 Å². The Morgan fingerprint density at radius 2 is 2.05 bits per heavy atom. The van der Waals surface area contributed by atoms with Gasteiger partial charge in [-0.2, -0.15) is 0 Å². The van der Waals surface area contributed by atoms with Gasteiger partial charge in [0.2, 0.25) is 0 Å². The summed E-state index contributed by atoms with van der Waals surface area (Å²) in [4.78, 5) is 15.2. The second-order valence-electron chi connectivity index (χ2n) is 4.71. The molecule has 4 nitrogen and oxygen atoms in total. The highest BCUT2D eigenvalue weighted by Gasteiger charge is 2.12. The Morgan fingerprint density at radius 3 is 2.77 bits per heavy atom. The monoisotopic (exact) mass is 318 g/mol. The van der Waals surface area contributed by atoms with Crippen LogP contribution in [0.2, 0.25) is 5.02 Å². The standard InChI is InChI=1S/C16H12ClFN2O2/c1-22-11-4-2-9-6-15(19-14(9)8-11)16(21)20-13-5-3-10(17)7-12(13)18/h2-8,19H,1H3,(H,20,21). The molecular weight excluding hydrogens is 307 g/mol. The van der Waals surface area contributed by atoms with E-state index in [1.807, 2.05) is 6.07 Å². The lowest BCUT2D eigenvalue weighted by Gasteiger charge is -2.05. The number of fused-ring (bicyclic) bond motifs is 1. The number of hydrogen-bond donors (Lipinski definition) is 2. The summed E-state index contributed by atoms with van der Waals surface area (Å²) in [5.74, 6) is -0.333. The second kappa shape index (κ2) is 5.69. The van der Waals surface area contributed by atoms with Gasteiger partial charge in [-0.3, -0.25) is 4.79 Å². The van der Waals surface area contributed by atoms with Gasteiger partial charge in [0.05, 0.1) is 12.8 Å². The fourth-order valence-electron chi connectivity index (χ4n) is 2.14. The Bertz CT molecular complexity index is 860. The van der Waals surface area contributed by atoms with Gasteiger partial charge >= 0.3 is 0 Å². The van der Waals surface area contributed by atoms with Crippen LogP contribution >= 0.6 is 11.6 Å². The number of aromatic amines is 1. The number of methoxy groups -OCH3 is 1. The van der Waals surface area contributed by atoms with Crippen molar-refractivity contribution in [3.05, 3.63) is 59.0 Å². The van der Waals surface area contributed by atoms with Crippen molar-refractivity contribution in [1.29, 1.82) is 0 Å². The van der Waals surface area contributed by atoms with Gasteiger partial charge in [0, 0.05) is 22.0 Å². The Labute approximate surface area is 130 Å². The maximum absolute atomic E-state index is 13.7. The van der Waals surface area contributed by atoms with Crippen LogP contribution < -0.4 is 10.1 Å². The first-order valence-corrected chi connectivity index (χ1v) is 6.88. The number of amides is 1. The van der Waals surface area contributed by atoms with Crippen molar-refractivity contribution in [3.63, 3.8) is 0 Å². The number of benzene rings is 2. The molecule has 0 fully saturated rings. The highest BCUT2D eigenvalue weighted by molar-refractivity contribution is 6.30. The van der Waals surface area contributed by atoms with E-state index in [4.69, 9.17) is 16.3 Å². The molecule has 0 bridgehead atoms. The third-order valence-corrected chi connectivity index (χ3v) is 3.49. The van der Waals surface area contributed by atoms with Gasteiger partial charge in [-0.1, -0.05) is 11.6 Å². The third-order valence-electron chi connectivity index (χ3n) is 3.25. The first-order valence-electron chi connectivity index (χ1n) is 6.50. The molecule has 22 heavy (non-hydrogen) atoms. The van der Waals surface area contributed by atoms with Crippen molar-refractivity contribution in [3.8, 4) is 5.75 Å². The molecule has 0 radical (unpaired) electrons. The van der Waals surface area contributed by atoms with Crippen LogP contribution in [0.4, 0.5) is 10.1 Å². The summed E-state index contributed by atoms with van der Waals surface area (Å²) >= 11 is 5.68. The van der Waals surface area contributed by atoms with E-state index in [-0.39, 0.29) is 10.7 Å². The molecule has 2 N–H and O–H groups in total. The number of aromatic nitrogens is 1. The van der Waals surface area contributed by atoms with E-state index in [9.17, 15) is 9.18 Å². The number of carbonyl (C=O) groups excluding carboxylic acids is 1. The van der Waals surface area contributed by atoms with E-state index < -0.39 is 11.7 Å². The molecule has 1 aromatic heterocycles. The van der Waals surface area contributed by atoms with Gasteiger partial charge in [-0.25, -0.2) is 4.39 Å². The van der Waals surface area contributed by atoms with Crippen LogP contribution in [0.5, 0.6) is 5.75 Å². The zero-order chi connectivity index (χ0) is 15.7. The lowest BCUT2D eigenvalue weighted by atomic mass is 10.2. The van der Waals surface area contributed by atoms with Crippen LogP contribution in [0.15, 0.2) is 42.5 Å². The average molecular weight is 319 g/mol. The number of anilines is 1. The van der Waals surface area contributed by atoms with Crippen molar-refractivity contribution in [1.82, 2.24) is 4.98 Å². The van der Waals surface area contributed by atoms with Gasteiger partial charge in [-0.05, 0) is 36.4 Å². The second-order valence-corrected chi connectivity index (χ2v) is 5.15. The molecule has 0 aliphatic rings. The summed E-state index contributed by atoms with van der Waals surface area (Å²) in [5.41, 5.74) is 1.17. The molecule has 1 amide bonds. The van der Waals surface area contributed by atoms with Crippen LogP contribution in [0.3, 0.4) is 0 Å². The maximum Gasteiger partial charge on any atom is 0.272 e. The van der Waals surface area contributed by atoms with Gasteiger partial charge in [0.25, 0.3) is 5.91 Å². The lowest BCUT2D eigenvalue weighted by molar-refractivity contribution is 0.102. The van der Waals surface area contributed by atoms with E-state index >= 15 is 0 Å². The molecule has 0 aliphatic carbocycles. The van der Waals surface area contributed by atoms with Gasteiger partial charge in [0.15, 0.2) is 0 Å². The molecule has 0 saturated heterocycles. The Balaban J connectivity index is 1.88. The smallest absolute Gasteiger partial charge is 0.272 e. The minimum atomic E-state index is -0.585. The number of carbonyl (C=O) groups is 1. The minimum absolute atomic E-state index is 0.0747. The Hall–Kier alpha value is -2.53. The topological polar surface area (TPSA) is 54.1 Å². The van der Waals surface area contributed by atoms with Crippen molar-refractivity contribution in [2.45, 2.75) is 0 Å². The third kappa shape index (κ3) is 2.76. The average Bonchev–Trinajstić information content (AvgIpc) is 2.93. The van der Waals surface area contributed by atoms with E-state index in [0.717, 1.165) is 17.0 Å². The SMILES string of the molecule is COc1ccc2cc(C(=O)Nc3ccc(Cl)cc3F)[nH]c2c1. The van der Waals surface area contributed by atoms with Crippen molar-refractivity contribution >= 4 is 34.1 Å². The Morgan fingerprint density at radius 1 is 1.23 bits per heavy atom. The Kier molecular flexibility index (Phi) is 3.73. The fourth-order valence-corrected chi connectivity index (χ4v) is 2.29. The molecule has 112 valence electrons. The van der Waals surface area contributed by atoms with Gasteiger partial charge < -0.3 is 15.0 Å². The van der Waals surface area contributed by atoms with Gasteiger partial charge in [-0.15, -0.1) is 0 Å². The summed E-state index contributed by atoms with van der Waals surface area (Å²) in [6, 6.07) is 11.2. The van der Waals surface area contributed by atoms with Crippen LogP contribution in [0, 0.1) is 5.82 Å². The van der Waals surface area contributed by atoms with Crippen LogP contribution in [0.25, 0.3) is 10.9 Å². The minimum Gasteiger partial charge on any atom is -0.497 e. The number of ether oxygens (including phenoxy) is 1. The molecule has 0 spiro atoms. The summed E-state index contributed by atoms with van der Waals surface area (Å²) in [5, 5.41) is 3.64. The number of nitrogens with one attached hydrogen (secondary N) is 2. The van der Waals surface area contributed by atoms with E-state index in [1.54, 1.807) is 25.3 Å². The van der Waals surface area contributed by atoms with E-state index in [0.29, 0.717) is 11.4 Å². The molecule has 0 unspecified atom stereocenters. The lowest BCUT2D eigenvalue weighted by Crippen LogP contribution is -2.13. The fraction of sp³-hybridized carbons (Fsp3) is 0.0625. The number of rotatable bonds is 3. The van der Waals surface area contributed by atoms with Crippen molar-refractivity contribution in [2.75, 3.05) is 12.4 Å². The van der Waals surface area contributed by atoms with Crippen LogP contribution in [0.1, 0.15) is 10.5 Å². The normalized spacial score (nSPS) is 10.7. The quantitative estimate of drug-likeness (QED) is 0.759. The predicted octanol–water partition coefficient (Wildman–Crippen LogP) is 4.22. The molecule has 0 atom stereocenters. The summed E-state index contributed by atoms with van der Waals surface area (Å²) < 4.78 is 18.8. The summed E-state index contributed by atoms with van der Waals surface area (Å²) in [6.07, 6.45) is 0. The van der Waals surface area contributed by atoms with E-state index in [1.165, 1.54) is 12.1 Å². The molecule has 0 saturated carbocycles. The largest absolute Gasteiger partial charge is 0.497 e. The first-order chi connectivity index (χ1) is 10.6. The predicted molar refractivity (Wildman–Crippen MR) is 84.2 cm³/mol. The molecule has 0 aliphatic heterocycles. The highest BCUT2D eigenvalue weighted by Crippen LogP contribution is 2.23.